The molecule has 2 heterocycles. The highest BCUT2D eigenvalue weighted by Gasteiger charge is 2.25. The number of hydrogen-bond acceptors (Lipinski definition) is 6. The summed E-state index contributed by atoms with van der Waals surface area (Å²) in [7, 11) is 0. The molecule has 0 spiro atoms. The molecule has 1 saturated heterocycles. The number of fused-ring (bicyclic) bond motifs is 1. The van der Waals surface area contributed by atoms with Gasteiger partial charge in [-0.2, -0.15) is 0 Å². The van der Waals surface area contributed by atoms with Crippen LogP contribution < -0.4 is 14.8 Å². The van der Waals surface area contributed by atoms with Crippen LogP contribution in [0.3, 0.4) is 0 Å². The summed E-state index contributed by atoms with van der Waals surface area (Å²) < 4.78 is 20.5. The smallest absolute Gasteiger partial charge is 0.335 e. The molecule has 1 fully saturated rings. The van der Waals surface area contributed by atoms with Crippen LogP contribution in [0.2, 0.25) is 0 Å². The molecular weight excluding hydrogens is 278 g/mol. The average molecular weight is 293 g/mol. The quantitative estimate of drug-likeness (QED) is 0.836. The van der Waals surface area contributed by atoms with Gasteiger partial charge in [-0.25, -0.2) is 4.79 Å². The number of carbonyl (C=O) groups is 2. The van der Waals surface area contributed by atoms with Gasteiger partial charge in [0.05, 0.1) is 0 Å². The highest BCUT2D eigenvalue weighted by atomic mass is 16.7. The third-order valence-electron chi connectivity index (χ3n) is 3.19. The van der Waals surface area contributed by atoms with E-state index in [0.717, 1.165) is 6.42 Å². The minimum absolute atomic E-state index is 0.172. The molecule has 1 atom stereocenters. The topological polar surface area (TPSA) is 83.1 Å². The van der Waals surface area contributed by atoms with Crippen molar-refractivity contribution in [3.63, 3.8) is 0 Å². The lowest BCUT2D eigenvalue weighted by atomic mass is 10.2. The average Bonchev–Trinajstić information content (AvgIpc) is 3.15. The van der Waals surface area contributed by atoms with Crippen LogP contribution in [0.15, 0.2) is 18.2 Å². The fraction of sp³-hybridized carbons (Fsp3) is 0.429. The van der Waals surface area contributed by atoms with Gasteiger partial charge >= 0.3 is 5.97 Å². The molecule has 0 unspecified atom stereocenters. The molecule has 0 radical (unpaired) electrons. The van der Waals surface area contributed by atoms with E-state index in [0.29, 0.717) is 30.2 Å². The summed E-state index contributed by atoms with van der Waals surface area (Å²) in [4.78, 5) is 23.3. The molecule has 2 aliphatic heterocycles. The van der Waals surface area contributed by atoms with Crippen molar-refractivity contribution in [3.8, 4) is 11.5 Å². The van der Waals surface area contributed by atoms with Crippen molar-refractivity contribution in [2.45, 2.75) is 18.9 Å². The molecule has 0 saturated carbocycles. The summed E-state index contributed by atoms with van der Waals surface area (Å²) in [5.74, 6) is 0.301. The molecule has 112 valence electrons. The second kappa shape index (κ2) is 6.01. The van der Waals surface area contributed by atoms with Gasteiger partial charge in [-0.15, -0.1) is 0 Å². The van der Waals surface area contributed by atoms with Gasteiger partial charge < -0.3 is 24.3 Å². The predicted octanol–water partition coefficient (Wildman–Crippen LogP) is 1.08. The lowest BCUT2D eigenvalue weighted by Gasteiger charge is -2.10. The van der Waals surface area contributed by atoms with E-state index in [1.807, 2.05) is 0 Å². The van der Waals surface area contributed by atoms with Gasteiger partial charge in [-0.1, -0.05) is 0 Å². The zero-order chi connectivity index (χ0) is 14.7. The molecule has 3 rings (SSSR count). The minimum atomic E-state index is -0.539. The Kier molecular flexibility index (Phi) is 3.92. The number of ether oxygens (including phenoxy) is 4. The first-order valence-corrected chi connectivity index (χ1v) is 6.70. The SMILES string of the molecule is O=C(COC(=O)[C@@H]1CCCO1)Nc1ccc2c(c1)OCO2. The summed E-state index contributed by atoms with van der Waals surface area (Å²) in [6, 6.07) is 5.05. The van der Waals surface area contributed by atoms with E-state index in [9.17, 15) is 9.59 Å². The largest absolute Gasteiger partial charge is 0.454 e. The van der Waals surface area contributed by atoms with E-state index in [-0.39, 0.29) is 13.4 Å². The zero-order valence-corrected chi connectivity index (χ0v) is 11.3. The molecule has 1 amide bonds. The lowest BCUT2D eigenvalue weighted by Crippen LogP contribution is -2.27. The highest BCUT2D eigenvalue weighted by Crippen LogP contribution is 2.34. The Bertz CT molecular complexity index is 552. The Balaban J connectivity index is 1.48. The van der Waals surface area contributed by atoms with Crippen molar-refractivity contribution in [1.29, 1.82) is 0 Å². The first-order chi connectivity index (χ1) is 10.2. The molecule has 1 N–H and O–H groups in total. The Morgan fingerprint density at radius 3 is 2.95 bits per heavy atom. The van der Waals surface area contributed by atoms with E-state index in [2.05, 4.69) is 5.32 Å². The predicted molar refractivity (Wildman–Crippen MR) is 71.1 cm³/mol. The van der Waals surface area contributed by atoms with E-state index < -0.39 is 18.0 Å². The first kappa shape index (κ1) is 13.7. The summed E-state index contributed by atoms with van der Waals surface area (Å²) in [6.45, 7) is 0.391. The lowest BCUT2D eigenvalue weighted by molar-refractivity contribution is -0.156. The molecule has 7 heteroatoms. The van der Waals surface area contributed by atoms with E-state index in [1.54, 1.807) is 18.2 Å². The third kappa shape index (κ3) is 3.25. The number of amides is 1. The Morgan fingerprint density at radius 2 is 2.14 bits per heavy atom. The number of nitrogens with one attached hydrogen (secondary N) is 1. The zero-order valence-electron chi connectivity index (χ0n) is 11.3. The van der Waals surface area contributed by atoms with Crippen molar-refractivity contribution in [2.75, 3.05) is 25.3 Å². The molecule has 21 heavy (non-hydrogen) atoms. The van der Waals surface area contributed by atoms with Crippen molar-refractivity contribution in [1.82, 2.24) is 0 Å². The standard InChI is InChI=1S/C14H15NO6/c16-13(7-19-14(17)11-2-1-5-18-11)15-9-3-4-10-12(6-9)21-8-20-10/h3-4,6,11H,1-2,5,7-8H2,(H,15,16)/t11-/m0/s1. The van der Waals surface area contributed by atoms with Gasteiger partial charge in [-0.3, -0.25) is 4.79 Å². The van der Waals surface area contributed by atoms with Crippen LogP contribution in [-0.2, 0) is 19.1 Å². The van der Waals surface area contributed by atoms with E-state index in [1.165, 1.54) is 0 Å². The summed E-state index contributed by atoms with van der Waals surface area (Å²) in [5, 5.41) is 2.63. The van der Waals surface area contributed by atoms with Crippen LogP contribution in [0.4, 0.5) is 5.69 Å². The molecule has 2 aliphatic rings. The Morgan fingerprint density at radius 1 is 1.29 bits per heavy atom. The van der Waals surface area contributed by atoms with Crippen LogP contribution in [0.1, 0.15) is 12.8 Å². The molecular formula is C14H15NO6. The minimum Gasteiger partial charge on any atom is -0.454 e. The summed E-state index contributed by atoms with van der Waals surface area (Å²) in [6.07, 6.45) is 0.939. The van der Waals surface area contributed by atoms with Crippen molar-refractivity contribution < 1.29 is 28.5 Å². The Labute approximate surface area is 121 Å². The third-order valence-corrected chi connectivity index (χ3v) is 3.19. The second-order valence-electron chi connectivity index (χ2n) is 4.73. The molecule has 0 aromatic heterocycles. The van der Waals surface area contributed by atoms with Crippen molar-refractivity contribution >= 4 is 17.6 Å². The van der Waals surface area contributed by atoms with Crippen LogP contribution in [-0.4, -0.2) is 38.0 Å². The number of rotatable bonds is 4. The van der Waals surface area contributed by atoms with Gasteiger partial charge in [0.1, 0.15) is 0 Å². The number of anilines is 1. The van der Waals surface area contributed by atoms with Gasteiger partial charge in [0.2, 0.25) is 6.79 Å². The van der Waals surface area contributed by atoms with Gasteiger partial charge in [0, 0.05) is 18.4 Å². The monoisotopic (exact) mass is 293 g/mol. The number of esters is 1. The number of hydrogen-bond donors (Lipinski definition) is 1. The highest BCUT2D eigenvalue weighted by molar-refractivity contribution is 5.93. The molecule has 7 nitrogen and oxygen atoms in total. The van der Waals surface area contributed by atoms with Crippen LogP contribution in [0.25, 0.3) is 0 Å². The molecule has 0 aliphatic carbocycles. The van der Waals surface area contributed by atoms with Crippen LogP contribution in [0.5, 0.6) is 11.5 Å². The fourth-order valence-electron chi connectivity index (χ4n) is 2.16. The van der Waals surface area contributed by atoms with Crippen molar-refractivity contribution in [3.05, 3.63) is 18.2 Å². The number of benzene rings is 1. The maximum Gasteiger partial charge on any atom is 0.335 e. The molecule has 1 aromatic carbocycles. The second-order valence-corrected chi connectivity index (χ2v) is 4.73. The van der Waals surface area contributed by atoms with Crippen molar-refractivity contribution in [2.24, 2.45) is 0 Å². The summed E-state index contributed by atoms with van der Waals surface area (Å²) in [5.41, 5.74) is 0.553. The Hall–Kier alpha value is -2.28. The maximum atomic E-state index is 11.7. The first-order valence-electron chi connectivity index (χ1n) is 6.70. The fourth-order valence-corrected chi connectivity index (χ4v) is 2.16. The van der Waals surface area contributed by atoms with Gasteiger partial charge in [0.25, 0.3) is 5.91 Å². The molecule has 0 bridgehead atoms. The normalized spacial score (nSPS) is 19.3. The van der Waals surface area contributed by atoms with Crippen LogP contribution >= 0.6 is 0 Å². The van der Waals surface area contributed by atoms with E-state index in [4.69, 9.17) is 18.9 Å². The maximum absolute atomic E-state index is 11.7. The van der Waals surface area contributed by atoms with Gasteiger partial charge in [0.15, 0.2) is 24.2 Å². The molecule has 1 aromatic rings. The number of carbonyl (C=O) groups excluding carboxylic acids is 2. The summed E-state index contributed by atoms with van der Waals surface area (Å²) >= 11 is 0. The van der Waals surface area contributed by atoms with E-state index >= 15 is 0 Å². The van der Waals surface area contributed by atoms with Crippen LogP contribution in [0, 0.1) is 0 Å². The van der Waals surface area contributed by atoms with Gasteiger partial charge in [-0.05, 0) is 25.0 Å².